The van der Waals surface area contributed by atoms with Crippen molar-refractivity contribution in [3.8, 4) is 0 Å². The molecular formula is C2H4FI. The van der Waals surface area contributed by atoms with Gasteiger partial charge in [0, 0.05) is 7.12 Å². The lowest BCUT2D eigenvalue weighted by Gasteiger charge is -1.62. The van der Waals surface area contributed by atoms with Gasteiger partial charge in [-0.15, -0.1) is 0 Å². The van der Waals surface area contributed by atoms with Gasteiger partial charge in [-0.1, -0.05) is 22.6 Å². The van der Waals surface area contributed by atoms with E-state index in [0.29, 0.717) is 0 Å². The molecule has 4 heavy (non-hydrogen) atoms. The van der Waals surface area contributed by atoms with E-state index in [-0.39, 0.29) is 0 Å². The van der Waals surface area contributed by atoms with E-state index in [1.807, 2.05) is 0 Å². The van der Waals surface area contributed by atoms with Gasteiger partial charge in [-0.05, 0) is 0 Å². The molecule has 0 saturated heterocycles. The molecule has 0 unspecified atom stereocenters. The summed E-state index contributed by atoms with van der Waals surface area (Å²) in [5.41, 5.74) is 0. The van der Waals surface area contributed by atoms with Crippen LogP contribution in [0, 0.1) is 0 Å². The summed E-state index contributed by atoms with van der Waals surface area (Å²) in [5, 5.41) is 0. The van der Waals surface area contributed by atoms with Crippen molar-refractivity contribution in [2.45, 2.75) is 0 Å². The van der Waals surface area contributed by atoms with Gasteiger partial charge in [-0.2, -0.15) is 0 Å². The zero-order chi connectivity index (χ0) is 5.21. The number of rotatable bonds is 1. The van der Waals surface area contributed by atoms with Gasteiger partial charge in [0.15, 0.2) is 0 Å². The molecule has 0 aliphatic heterocycles. The quantitative estimate of drug-likeness (QED) is 0.418. The Kier molecular flexibility index (Phi) is 1.78. The fraction of sp³-hybridized carbons (Fsp3) is 1.00. The van der Waals surface area contributed by atoms with Crippen molar-refractivity contribution in [1.29, 1.82) is 0 Å². The molecule has 0 heterocycles. The summed E-state index contributed by atoms with van der Waals surface area (Å²) in [6.45, 7) is -0.909. The van der Waals surface area contributed by atoms with Crippen molar-refractivity contribution in [1.82, 2.24) is 0 Å². The minimum atomic E-state index is -1.66. The molecule has 0 bridgehead atoms. The molecule has 0 aliphatic rings. The van der Waals surface area contributed by atoms with Crippen molar-refractivity contribution >= 4 is 22.6 Å². The minimum Gasteiger partial charge on any atom is -0.250 e. The average Bonchev–Trinajstić information content (AvgIpc) is 1.35. The van der Waals surface area contributed by atoms with Crippen LogP contribution in [0.3, 0.4) is 0 Å². The molecule has 0 atom stereocenters. The average molecular weight is 176 g/mol. The summed E-state index contributed by atoms with van der Waals surface area (Å²) in [4.78, 5) is 0. The molecule has 0 rings (SSSR count). The topological polar surface area (TPSA) is 0 Å². The molecule has 0 nitrogen and oxygen atoms in total. The van der Waals surface area contributed by atoms with Crippen LogP contribution >= 0.6 is 22.6 Å². The maximum absolute atomic E-state index is 11.1. The lowest BCUT2D eigenvalue weighted by molar-refractivity contribution is 0.537. The normalized spacial score (nSPS) is 18.5. The van der Waals surface area contributed by atoms with E-state index < -0.39 is 11.1 Å². The number of hydrogen-bond acceptors (Lipinski definition) is 0. The maximum atomic E-state index is 11.1. The SMILES string of the molecule is [2H]C([2H])(I)CF. The summed E-state index contributed by atoms with van der Waals surface area (Å²) in [5.74, 6) is 0. The van der Waals surface area contributed by atoms with Crippen molar-refractivity contribution in [2.24, 2.45) is 0 Å². The van der Waals surface area contributed by atoms with Gasteiger partial charge in [0.1, 0.15) is 0 Å². The van der Waals surface area contributed by atoms with E-state index in [9.17, 15) is 4.39 Å². The van der Waals surface area contributed by atoms with Gasteiger partial charge in [0.25, 0.3) is 0 Å². The first-order valence-electron chi connectivity index (χ1n) is 1.81. The van der Waals surface area contributed by atoms with Crippen LogP contribution in [0.4, 0.5) is 4.39 Å². The highest BCUT2D eigenvalue weighted by molar-refractivity contribution is 14.1. The van der Waals surface area contributed by atoms with Crippen LogP contribution in [0.25, 0.3) is 0 Å². The van der Waals surface area contributed by atoms with Gasteiger partial charge in [-0.3, -0.25) is 4.39 Å². The van der Waals surface area contributed by atoms with Crippen LogP contribution in [0.2, 0.25) is 0 Å². The molecule has 0 spiro atoms. The Morgan fingerprint density at radius 3 is 2.50 bits per heavy atom. The van der Waals surface area contributed by atoms with Crippen molar-refractivity contribution in [2.75, 3.05) is 11.1 Å². The lowest BCUT2D eigenvalue weighted by Crippen LogP contribution is -1.64. The Balaban J connectivity index is 3.17. The predicted molar refractivity (Wildman–Crippen MR) is 24.9 cm³/mol. The van der Waals surface area contributed by atoms with Crippen LogP contribution in [0.1, 0.15) is 2.74 Å². The Bertz CT molecular complexity index is 41.3. The second-order valence-corrected chi connectivity index (χ2v) is 1.03. The Hall–Kier alpha value is 0.660. The highest BCUT2D eigenvalue weighted by atomic mass is 127. The second kappa shape index (κ2) is 3.66. The smallest absolute Gasteiger partial charge is 0.0983 e. The van der Waals surface area contributed by atoms with Crippen LogP contribution < -0.4 is 0 Å². The molecule has 0 N–H and O–H groups in total. The van der Waals surface area contributed by atoms with Crippen LogP contribution in [0.5, 0.6) is 0 Å². The van der Waals surface area contributed by atoms with Crippen molar-refractivity contribution in [3.63, 3.8) is 0 Å². The van der Waals surface area contributed by atoms with E-state index in [4.69, 9.17) is 2.74 Å². The van der Waals surface area contributed by atoms with Crippen LogP contribution in [-0.4, -0.2) is 11.1 Å². The molecule has 0 fully saturated rings. The first-order chi connectivity index (χ1) is 2.56. The monoisotopic (exact) mass is 176 g/mol. The van der Waals surface area contributed by atoms with E-state index in [2.05, 4.69) is 0 Å². The third-order valence-electron chi connectivity index (χ3n) is 0.0505. The minimum absolute atomic E-state index is 0.909. The van der Waals surface area contributed by atoms with E-state index in [1.165, 1.54) is 22.6 Å². The fourth-order valence-corrected chi connectivity index (χ4v) is 0. The maximum Gasteiger partial charge on any atom is 0.0983 e. The molecule has 0 aromatic carbocycles. The molecule has 26 valence electrons. The number of halogens is 2. The predicted octanol–water partition coefficient (Wildman–Crippen LogP) is 1.39. The molecule has 0 aliphatic carbocycles. The van der Waals surface area contributed by atoms with Gasteiger partial charge in [0.2, 0.25) is 0 Å². The first-order valence-corrected chi connectivity index (χ1v) is 1.89. The summed E-state index contributed by atoms with van der Waals surface area (Å²) < 4.78 is 22.4. The highest BCUT2D eigenvalue weighted by Gasteiger charge is 1.62. The zero-order valence-electron chi connectivity index (χ0n) is 3.96. The van der Waals surface area contributed by atoms with E-state index in [0.717, 1.165) is 0 Å². The third-order valence-corrected chi connectivity index (χ3v) is 0.339. The summed E-state index contributed by atoms with van der Waals surface area (Å²) in [7, 11) is 0. The molecule has 0 radical (unpaired) electrons. The van der Waals surface area contributed by atoms with E-state index >= 15 is 0 Å². The van der Waals surface area contributed by atoms with Gasteiger partial charge in [-0.25, -0.2) is 0 Å². The van der Waals surface area contributed by atoms with Gasteiger partial charge in [0.05, 0.1) is 6.67 Å². The highest BCUT2D eigenvalue weighted by Crippen LogP contribution is 1.76. The molecule has 0 saturated carbocycles. The second-order valence-electron chi connectivity index (χ2n) is 0.267. The molecule has 0 amide bonds. The summed E-state index contributed by atoms with van der Waals surface area (Å²) >= 11 is 1.40. The molecule has 0 aromatic rings. The first kappa shape index (κ1) is 1.95. The summed E-state index contributed by atoms with van der Waals surface area (Å²) in [6, 6.07) is 0. The number of hydrogen-bond donors (Lipinski definition) is 0. The lowest BCUT2D eigenvalue weighted by atomic mass is 10.9. The molecular weight excluding hydrogens is 170 g/mol. The number of alkyl halides is 2. The third kappa shape index (κ3) is 2.66. The van der Waals surface area contributed by atoms with Crippen molar-refractivity contribution in [3.05, 3.63) is 0 Å². The van der Waals surface area contributed by atoms with E-state index in [1.54, 1.807) is 0 Å². The van der Waals surface area contributed by atoms with Crippen LogP contribution in [-0.2, 0) is 0 Å². The Morgan fingerprint density at radius 2 is 2.50 bits per heavy atom. The fourth-order valence-electron chi connectivity index (χ4n) is 0. The largest absolute Gasteiger partial charge is 0.250 e. The summed E-state index contributed by atoms with van der Waals surface area (Å²) in [6.07, 6.45) is 0. The Labute approximate surface area is 41.3 Å². The Morgan fingerprint density at radius 1 is 2.25 bits per heavy atom. The van der Waals surface area contributed by atoms with Gasteiger partial charge >= 0.3 is 0 Å². The zero-order valence-corrected chi connectivity index (χ0v) is 4.12. The van der Waals surface area contributed by atoms with Gasteiger partial charge < -0.3 is 0 Å². The standard InChI is InChI=1S/C2H4FI/c3-1-2-4/h1-2H2/i2D2. The molecule has 0 aromatic heterocycles. The van der Waals surface area contributed by atoms with Crippen molar-refractivity contribution < 1.29 is 7.13 Å². The van der Waals surface area contributed by atoms with Crippen LogP contribution in [0.15, 0.2) is 0 Å². The molecule has 2 heteroatoms.